The Kier molecular flexibility index (Phi) is 18.6. The van der Waals surface area contributed by atoms with Crippen LogP contribution in [0.25, 0.3) is 0 Å². The smallest absolute Gasteiger partial charge is 0.119 e. The van der Waals surface area contributed by atoms with Gasteiger partial charge in [-0.05, 0) is 125 Å². The van der Waals surface area contributed by atoms with Crippen LogP contribution in [0.2, 0.25) is 0 Å². The van der Waals surface area contributed by atoms with Crippen LogP contribution < -0.4 is 0 Å². The van der Waals surface area contributed by atoms with Crippen LogP contribution in [0.1, 0.15) is 225 Å². The number of hydrogen-bond acceptors (Lipinski definition) is 1. The van der Waals surface area contributed by atoms with Crippen molar-refractivity contribution in [1.29, 1.82) is 0 Å². The number of phenols is 1. The number of hydrogen-bond donors (Lipinski definition) is 1. The minimum atomic E-state index is 0.152. The quantitative estimate of drug-likeness (QED) is 0.0709. The van der Waals surface area contributed by atoms with E-state index in [1.807, 2.05) is 6.07 Å². The second-order valence-electron chi connectivity index (χ2n) is 17.3. The standard InChI is InChI=1S/C54H78O/c1-10-13-16-19-28-45-31-22-25-34-48(45)39(4)40(5)51-37-38-52(55)54(44(9)42(7)50-36-27-24-33-47(50)30-21-18-15-12-3)53(51)43(8)41(6)49-35-26-23-32-46(49)29-20-17-14-11-2/h22-27,31-44,55H,10-21,28-30H2,1-9H3. The number of unbranched alkanes of at least 4 members (excludes halogenated alkanes) is 9. The lowest BCUT2D eigenvalue weighted by Gasteiger charge is -2.35. The summed E-state index contributed by atoms with van der Waals surface area (Å²) in [6.45, 7) is 21.5. The summed E-state index contributed by atoms with van der Waals surface area (Å²) in [6.07, 6.45) is 18.7. The van der Waals surface area contributed by atoms with Crippen LogP contribution in [0.3, 0.4) is 0 Å². The van der Waals surface area contributed by atoms with Crippen LogP contribution in [0.15, 0.2) is 84.9 Å². The third-order valence-corrected chi connectivity index (χ3v) is 13.5. The van der Waals surface area contributed by atoms with Crippen LogP contribution >= 0.6 is 0 Å². The molecule has 300 valence electrons. The third-order valence-electron chi connectivity index (χ3n) is 13.5. The molecular weight excluding hydrogens is 665 g/mol. The third kappa shape index (κ3) is 11.8. The average Bonchev–Trinajstić information content (AvgIpc) is 3.21. The van der Waals surface area contributed by atoms with E-state index in [4.69, 9.17) is 0 Å². The van der Waals surface area contributed by atoms with Crippen molar-refractivity contribution in [3.63, 3.8) is 0 Å². The lowest BCUT2D eigenvalue weighted by Crippen LogP contribution is -2.19. The van der Waals surface area contributed by atoms with Crippen molar-refractivity contribution < 1.29 is 5.11 Å². The van der Waals surface area contributed by atoms with Crippen LogP contribution in [0.5, 0.6) is 5.75 Å². The first-order valence-corrected chi connectivity index (χ1v) is 22.7. The van der Waals surface area contributed by atoms with Gasteiger partial charge in [0.1, 0.15) is 5.75 Å². The van der Waals surface area contributed by atoms with Crippen molar-refractivity contribution in [2.24, 2.45) is 0 Å². The van der Waals surface area contributed by atoms with E-state index in [2.05, 4.69) is 141 Å². The molecule has 0 amide bonds. The van der Waals surface area contributed by atoms with Crippen molar-refractivity contribution in [3.05, 3.63) is 135 Å². The highest BCUT2D eigenvalue weighted by molar-refractivity contribution is 5.53. The highest BCUT2D eigenvalue weighted by Gasteiger charge is 2.33. The Morgan fingerprint density at radius 1 is 0.345 bits per heavy atom. The first kappa shape index (κ1) is 44.4. The summed E-state index contributed by atoms with van der Waals surface area (Å²) in [5, 5.41) is 12.1. The Morgan fingerprint density at radius 3 is 1.05 bits per heavy atom. The van der Waals surface area contributed by atoms with Crippen molar-refractivity contribution >= 4 is 0 Å². The SMILES string of the molecule is CCCCCCc1ccccc1C(C)C(C)c1ccc(O)c(C(C)C(C)c2ccccc2CCCCCC)c1C(C)C(C)c1ccccc1CCCCCC. The molecule has 0 heterocycles. The molecule has 55 heavy (non-hydrogen) atoms. The van der Waals surface area contributed by atoms with Gasteiger partial charge >= 0.3 is 0 Å². The molecule has 6 unspecified atom stereocenters. The predicted octanol–water partition coefficient (Wildman–Crippen LogP) is 16.5. The van der Waals surface area contributed by atoms with E-state index in [1.54, 1.807) is 0 Å². The van der Waals surface area contributed by atoms with E-state index < -0.39 is 0 Å². The molecule has 4 aromatic carbocycles. The Morgan fingerprint density at radius 2 is 0.673 bits per heavy atom. The maximum atomic E-state index is 12.1. The van der Waals surface area contributed by atoms with Gasteiger partial charge in [-0.15, -0.1) is 0 Å². The topological polar surface area (TPSA) is 20.2 Å². The van der Waals surface area contributed by atoms with Crippen molar-refractivity contribution in [1.82, 2.24) is 0 Å². The lowest BCUT2D eigenvalue weighted by atomic mass is 9.70. The molecule has 0 fully saturated rings. The first-order chi connectivity index (χ1) is 26.7. The molecule has 1 N–H and O–H groups in total. The average molecular weight is 743 g/mol. The van der Waals surface area contributed by atoms with Gasteiger partial charge in [0.15, 0.2) is 0 Å². The fourth-order valence-corrected chi connectivity index (χ4v) is 9.45. The minimum absolute atomic E-state index is 0.152. The van der Waals surface area contributed by atoms with Gasteiger partial charge in [0.25, 0.3) is 0 Å². The summed E-state index contributed by atoms with van der Waals surface area (Å²) in [6, 6.07) is 31.9. The lowest BCUT2D eigenvalue weighted by molar-refractivity contribution is 0.448. The number of aromatic hydroxyl groups is 1. The molecule has 4 rings (SSSR count). The number of rotatable bonds is 24. The minimum Gasteiger partial charge on any atom is -0.508 e. The molecule has 0 radical (unpaired) electrons. The van der Waals surface area contributed by atoms with E-state index in [-0.39, 0.29) is 17.8 Å². The van der Waals surface area contributed by atoms with Gasteiger partial charge in [-0.25, -0.2) is 0 Å². The molecule has 0 aliphatic carbocycles. The van der Waals surface area contributed by atoms with E-state index in [1.165, 1.54) is 122 Å². The van der Waals surface area contributed by atoms with Crippen molar-refractivity contribution in [3.8, 4) is 5.75 Å². The zero-order chi connectivity index (χ0) is 39.7. The molecule has 0 aliphatic heterocycles. The maximum Gasteiger partial charge on any atom is 0.119 e. The number of aryl methyl sites for hydroxylation is 3. The summed E-state index contributed by atoms with van der Waals surface area (Å²) >= 11 is 0. The van der Waals surface area contributed by atoms with Crippen molar-refractivity contribution in [2.75, 3.05) is 0 Å². The molecule has 0 aliphatic rings. The normalized spacial score (nSPS) is 15.0. The predicted molar refractivity (Wildman–Crippen MR) is 241 cm³/mol. The largest absolute Gasteiger partial charge is 0.508 e. The Hall–Kier alpha value is -3.32. The molecule has 0 spiro atoms. The van der Waals surface area contributed by atoms with Gasteiger partial charge in [-0.3, -0.25) is 0 Å². The molecule has 4 aromatic rings. The van der Waals surface area contributed by atoms with E-state index in [0.717, 1.165) is 24.8 Å². The van der Waals surface area contributed by atoms with E-state index in [0.29, 0.717) is 23.5 Å². The Bertz CT molecular complexity index is 1700. The second-order valence-corrected chi connectivity index (χ2v) is 17.3. The molecule has 6 atom stereocenters. The molecular formula is C54H78O. The Balaban J connectivity index is 1.82. The summed E-state index contributed by atoms with van der Waals surface area (Å²) in [5.41, 5.74) is 12.8. The Labute approximate surface area is 338 Å². The first-order valence-electron chi connectivity index (χ1n) is 22.7. The van der Waals surface area contributed by atoms with Crippen molar-refractivity contribution in [2.45, 2.75) is 194 Å². The van der Waals surface area contributed by atoms with Gasteiger partial charge in [-0.2, -0.15) is 0 Å². The van der Waals surface area contributed by atoms with Gasteiger partial charge in [0.05, 0.1) is 0 Å². The summed E-state index contributed by atoms with van der Waals surface area (Å²) in [4.78, 5) is 0. The van der Waals surface area contributed by atoms with Gasteiger partial charge in [0.2, 0.25) is 0 Å². The zero-order valence-corrected chi connectivity index (χ0v) is 36.6. The molecule has 1 heteroatoms. The van der Waals surface area contributed by atoms with Gasteiger partial charge < -0.3 is 5.11 Å². The van der Waals surface area contributed by atoms with E-state index >= 15 is 0 Å². The van der Waals surface area contributed by atoms with Gasteiger partial charge in [0, 0.05) is 5.56 Å². The monoisotopic (exact) mass is 743 g/mol. The highest BCUT2D eigenvalue weighted by Crippen LogP contribution is 2.49. The molecule has 0 saturated carbocycles. The summed E-state index contributed by atoms with van der Waals surface area (Å²) < 4.78 is 0. The van der Waals surface area contributed by atoms with Crippen LogP contribution in [0.4, 0.5) is 0 Å². The summed E-state index contributed by atoms with van der Waals surface area (Å²) in [7, 11) is 0. The fraction of sp³-hybridized carbons (Fsp3) is 0.556. The van der Waals surface area contributed by atoms with E-state index in [9.17, 15) is 5.11 Å². The van der Waals surface area contributed by atoms with Crippen LogP contribution in [-0.2, 0) is 19.3 Å². The number of benzene rings is 4. The van der Waals surface area contributed by atoms with Gasteiger partial charge in [-0.1, -0.05) is 199 Å². The van der Waals surface area contributed by atoms with Crippen LogP contribution in [-0.4, -0.2) is 5.11 Å². The fourth-order valence-electron chi connectivity index (χ4n) is 9.45. The maximum absolute atomic E-state index is 12.1. The summed E-state index contributed by atoms with van der Waals surface area (Å²) in [5.74, 6) is 2.06. The molecule has 1 nitrogen and oxygen atoms in total. The van der Waals surface area contributed by atoms with Crippen LogP contribution in [0, 0.1) is 0 Å². The molecule has 0 saturated heterocycles. The highest BCUT2D eigenvalue weighted by atomic mass is 16.3. The molecule has 0 bridgehead atoms. The zero-order valence-electron chi connectivity index (χ0n) is 36.6. The number of phenolic OH excluding ortho intramolecular Hbond substituents is 1. The second kappa shape index (κ2) is 23.0. The molecule has 0 aromatic heterocycles.